The lowest BCUT2D eigenvalue weighted by molar-refractivity contribution is -0.137. The Kier molecular flexibility index (Phi) is 4.27. The van der Waals surface area contributed by atoms with Crippen molar-refractivity contribution < 1.29 is 27.2 Å². The molecule has 0 aromatic heterocycles. The van der Waals surface area contributed by atoms with E-state index in [1.54, 1.807) is 0 Å². The van der Waals surface area contributed by atoms with Crippen molar-refractivity contribution in [2.24, 2.45) is 0 Å². The molecule has 0 radical (unpaired) electrons. The van der Waals surface area contributed by atoms with Crippen LogP contribution in [0, 0.1) is 5.82 Å². The number of hydrogen-bond donors (Lipinski definition) is 0. The van der Waals surface area contributed by atoms with Crippen LogP contribution in [0.2, 0.25) is 0 Å². The van der Waals surface area contributed by atoms with Crippen LogP contribution in [0.5, 0.6) is 0 Å². The molecule has 0 aliphatic carbocycles. The van der Waals surface area contributed by atoms with Crippen LogP contribution in [0.3, 0.4) is 0 Å². The number of benzene rings is 1. The zero-order valence-electron chi connectivity index (χ0n) is 10.9. The van der Waals surface area contributed by atoms with E-state index >= 15 is 0 Å². The lowest BCUT2D eigenvalue weighted by atomic mass is 10.1. The molecular formula is C13H11F4NO2S. The first-order valence-corrected chi connectivity index (χ1v) is 6.91. The van der Waals surface area contributed by atoms with Crippen molar-refractivity contribution in [3.05, 3.63) is 29.6 Å². The maximum atomic E-state index is 13.8. The van der Waals surface area contributed by atoms with Gasteiger partial charge in [0, 0.05) is 25.1 Å². The molecule has 3 nitrogen and oxygen atoms in total. The Labute approximate surface area is 122 Å². The van der Waals surface area contributed by atoms with Gasteiger partial charge in [0.2, 0.25) is 5.91 Å². The minimum Gasteiger partial charge on any atom is -0.308 e. The number of thioether (sulfide) groups is 1. The molecule has 1 aromatic rings. The third-order valence-electron chi connectivity index (χ3n) is 2.98. The van der Waals surface area contributed by atoms with Gasteiger partial charge in [0.25, 0.3) is 0 Å². The highest BCUT2D eigenvalue weighted by atomic mass is 32.2. The normalized spacial score (nSPS) is 19.2. The lowest BCUT2D eigenvalue weighted by Crippen LogP contribution is -2.28. The minimum absolute atomic E-state index is 0.0874. The Morgan fingerprint density at radius 1 is 1.38 bits per heavy atom. The largest absolute Gasteiger partial charge is 0.418 e. The first-order valence-electron chi connectivity index (χ1n) is 6.03. The number of amides is 1. The molecule has 1 aliphatic rings. The van der Waals surface area contributed by atoms with Crippen molar-refractivity contribution in [3.8, 4) is 0 Å². The number of nitrogens with zero attached hydrogens (tertiary/aromatic N) is 1. The molecule has 114 valence electrons. The zero-order valence-corrected chi connectivity index (χ0v) is 11.7. The van der Waals surface area contributed by atoms with E-state index in [4.69, 9.17) is 0 Å². The van der Waals surface area contributed by atoms with Crippen molar-refractivity contribution in [1.29, 1.82) is 0 Å². The fourth-order valence-electron chi connectivity index (χ4n) is 2.22. The fraction of sp³-hybridized carbons (Fsp3) is 0.385. The van der Waals surface area contributed by atoms with Gasteiger partial charge in [-0.1, -0.05) is 17.8 Å². The van der Waals surface area contributed by atoms with Crippen molar-refractivity contribution in [3.63, 3.8) is 0 Å². The summed E-state index contributed by atoms with van der Waals surface area (Å²) in [6.45, 7) is 1.19. The lowest BCUT2D eigenvalue weighted by Gasteiger charge is -2.22. The number of alkyl halides is 3. The van der Waals surface area contributed by atoms with Crippen LogP contribution in [0.25, 0.3) is 0 Å². The second-order valence-electron chi connectivity index (χ2n) is 4.57. The first-order chi connectivity index (χ1) is 9.70. The molecule has 1 saturated heterocycles. The molecule has 8 heteroatoms. The van der Waals surface area contributed by atoms with Gasteiger partial charge in [-0.2, -0.15) is 13.2 Å². The number of carbonyl (C=O) groups excluding carboxylic acids is 2. The topological polar surface area (TPSA) is 37.4 Å². The molecule has 0 N–H and O–H groups in total. The molecule has 1 unspecified atom stereocenters. The minimum atomic E-state index is -4.76. The Morgan fingerprint density at radius 2 is 2.05 bits per heavy atom. The number of para-hydroxylation sites is 1. The summed E-state index contributed by atoms with van der Waals surface area (Å²) in [6, 6.07) is 2.56. The second kappa shape index (κ2) is 5.67. The van der Waals surface area contributed by atoms with E-state index in [2.05, 4.69) is 0 Å². The summed E-state index contributed by atoms with van der Waals surface area (Å²) < 4.78 is 52.7. The first kappa shape index (κ1) is 15.8. The van der Waals surface area contributed by atoms with E-state index < -0.39 is 34.4 Å². The molecule has 1 atom stereocenters. The van der Waals surface area contributed by atoms with Gasteiger partial charge in [-0.25, -0.2) is 4.39 Å². The molecule has 1 amide bonds. The van der Waals surface area contributed by atoms with Gasteiger partial charge < -0.3 is 4.90 Å². The molecule has 1 aliphatic heterocycles. The van der Waals surface area contributed by atoms with Gasteiger partial charge in [0.15, 0.2) is 5.12 Å². The van der Waals surface area contributed by atoms with Crippen LogP contribution in [0.4, 0.5) is 23.2 Å². The summed E-state index contributed by atoms with van der Waals surface area (Å²) in [7, 11) is 0. The highest BCUT2D eigenvalue weighted by molar-refractivity contribution is 8.14. The van der Waals surface area contributed by atoms with E-state index in [1.807, 2.05) is 0 Å². The molecule has 1 aromatic carbocycles. The molecule has 21 heavy (non-hydrogen) atoms. The van der Waals surface area contributed by atoms with Crippen LogP contribution in [0.15, 0.2) is 18.2 Å². The summed E-state index contributed by atoms with van der Waals surface area (Å²) in [5, 5.41) is -0.699. The fourth-order valence-corrected chi connectivity index (χ4v) is 3.14. The third-order valence-corrected chi connectivity index (χ3v) is 3.97. The molecule has 0 bridgehead atoms. The van der Waals surface area contributed by atoms with Gasteiger partial charge in [-0.05, 0) is 12.1 Å². The van der Waals surface area contributed by atoms with Crippen LogP contribution >= 0.6 is 11.8 Å². The molecule has 0 spiro atoms. The van der Waals surface area contributed by atoms with E-state index in [0.717, 1.165) is 34.9 Å². The number of rotatable bonds is 2. The summed E-state index contributed by atoms with van der Waals surface area (Å²) in [6.07, 6.45) is -4.85. The molecular weight excluding hydrogens is 310 g/mol. The summed E-state index contributed by atoms with van der Waals surface area (Å²) in [5.74, 6) is -1.73. The summed E-state index contributed by atoms with van der Waals surface area (Å²) >= 11 is 0.878. The number of hydrogen-bond acceptors (Lipinski definition) is 3. The maximum Gasteiger partial charge on any atom is 0.418 e. The standard InChI is InChI=1S/C13H11F4NO2S/c1-7(19)21-8-5-11(20)18(6-8)12-9(13(15,16)17)3-2-4-10(12)14/h2-4,8H,5-6H2,1H3. The van der Waals surface area contributed by atoms with Crippen molar-refractivity contribution in [1.82, 2.24) is 0 Å². The average molecular weight is 321 g/mol. The van der Waals surface area contributed by atoms with Gasteiger partial charge in [-0.15, -0.1) is 0 Å². The molecule has 1 fully saturated rings. The number of halogens is 4. The third kappa shape index (κ3) is 3.37. The highest BCUT2D eigenvalue weighted by Gasteiger charge is 2.41. The quantitative estimate of drug-likeness (QED) is 0.785. The van der Waals surface area contributed by atoms with Gasteiger partial charge in [0.1, 0.15) is 5.82 Å². The van der Waals surface area contributed by atoms with Crippen molar-refractivity contribution in [2.45, 2.75) is 24.8 Å². The Bertz CT molecular complexity index is 588. The van der Waals surface area contributed by atoms with Crippen LogP contribution in [-0.2, 0) is 15.8 Å². The van der Waals surface area contributed by atoms with Crippen LogP contribution in [-0.4, -0.2) is 22.8 Å². The molecule has 2 rings (SSSR count). The Balaban J connectivity index is 2.38. The van der Waals surface area contributed by atoms with E-state index in [1.165, 1.54) is 6.92 Å². The predicted molar refractivity (Wildman–Crippen MR) is 70.4 cm³/mol. The summed E-state index contributed by atoms with van der Waals surface area (Å²) in [4.78, 5) is 23.7. The monoisotopic (exact) mass is 321 g/mol. The Hall–Kier alpha value is -1.57. The second-order valence-corrected chi connectivity index (χ2v) is 6.05. The van der Waals surface area contributed by atoms with Gasteiger partial charge >= 0.3 is 6.18 Å². The van der Waals surface area contributed by atoms with E-state index in [9.17, 15) is 27.2 Å². The number of anilines is 1. The smallest absolute Gasteiger partial charge is 0.308 e. The number of carbonyl (C=O) groups is 2. The van der Waals surface area contributed by atoms with E-state index in [0.29, 0.717) is 0 Å². The van der Waals surface area contributed by atoms with Crippen LogP contribution in [0.1, 0.15) is 18.9 Å². The van der Waals surface area contributed by atoms with Gasteiger partial charge in [0.05, 0.1) is 11.3 Å². The molecule has 0 saturated carbocycles. The van der Waals surface area contributed by atoms with Crippen molar-refractivity contribution in [2.75, 3.05) is 11.4 Å². The Morgan fingerprint density at radius 3 is 2.62 bits per heavy atom. The highest BCUT2D eigenvalue weighted by Crippen LogP contribution is 2.40. The zero-order chi connectivity index (χ0) is 15.8. The predicted octanol–water partition coefficient (Wildman–Crippen LogP) is 3.23. The summed E-state index contributed by atoms with van der Waals surface area (Å²) in [5.41, 5.74) is -1.95. The SMILES string of the molecule is CC(=O)SC1CC(=O)N(c2c(F)cccc2C(F)(F)F)C1. The van der Waals surface area contributed by atoms with Crippen molar-refractivity contribution >= 4 is 28.5 Å². The van der Waals surface area contributed by atoms with E-state index in [-0.39, 0.29) is 18.1 Å². The maximum absolute atomic E-state index is 13.8. The van der Waals surface area contributed by atoms with Gasteiger partial charge in [-0.3, -0.25) is 9.59 Å². The average Bonchev–Trinajstić information content (AvgIpc) is 2.67. The van der Waals surface area contributed by atoms with Crippen LogP contribution < -0.4 is 4.90 Å². The molecule has 1 heterocycles.